The lowest BCUT2D eigenvalue weighted by Crippen LogP contribution is -2.36. The maximum Gasteiger partial charge on any atom is 0.337 e. The fourth-order valence-electron chi connectivity index (χ4n) is 2.48. The molecule has 1 fully saturated rings. The van der Waals surface area contributed by atoms with Crippen LogP contribution in [0.1, 0.15) is 36.0 Å². The van der Waals surface area contributed by atoms with Crippen molar-refractivity contribution < 1.29 is 14.7 Å². The van der Waals surface area contributed by atoms with E-state index < -0.39 is 5.97 Å². The Morgan fingerprint density at radius 1 is 1.24 bits per heavy atom. The highest BCUT2D eigenvalue weighted by atomic mass is 16.4. The Balaban J connectivity index is 1.81. The summed E-state index contributed by atoms with van der Waals surface area (Å²) in [6.07, 6.45) is 3.82. The van der Waals surface area contributed by atoms with Gasteiger partial charge in [0.25, 0.3) is 0 Å². The van der Waals surface area contributed by atoms with Gasteiger partial charge in [-0.2, -0.15) is 0 Å². The number of carboxylic acids is 1. The van der Waals surface area contributed by atoms with E-state index in [0.29, 0.717) is 13.0 Å². The van der Waals surface area contributed by atoms with Gasteiger partial charge in [0.2, 0.25) is 5.91 Å². The van der Waals surface area contributed by atoms with Crippen molar-refractivity contribution >= 4 is 23.3 Å². The summed E-state index contributed by atoms with van der Waals surface area (Å²) in [7, 11) is 0. The Bertz CT molecular complexity index is 525. The first-order valence-electron chi connectivity index (χ1n) is 7.22. The number of amides is 1. The third-order valence-electron chi connectivity index (χ3n) is 3.66. The van der Waals surface area contributed by atoms with Crippen molar-refractivity contribution in [2.45, 2.75) is 25.7 Å². The van der Waals surface area contributed by atoms with Gasteiger partial charge in [0, 0.05) is 37.4 Å². The van der Waals surface area contributed by atoms with Gasteiger partial charge in [-0.05, 0) is 37.5 Å². The second-order valence-corrected chi connectivity index (χ2v) is 5.23. The minimum Gasteiger partial charge on any atom is -0.478 e. The number of nitrogens with one attached hydrogen (secondary N) is 1. The number of nitrogen functional groups attached to an aromatic ring is 1. The quantitative estimate of drug-likeness (QED) is 0.719. The Labute approximate surface area is 123 Å². The predicted octanol–water partition coefficient (Wildman–Crippen LogP) is 1.78. The molecule has 1 aromatic rings. The van der Waals surface area contributed by atoms with Crippen LogP contribution in [0.5, 0.6) is 0 Å². The van der Waals surface area contributed by atoms with E-state index in [1.807, 2.05) is 4.90 Å². The van der Waals surface area contributed by atoms with Crippen molar-refractivity contribution in [1.29, 1.82) is 0 Å². The molecule has 0 spiro atoms. The highest BCUT2D eigenvalue weighted by molar-refractivity contribution is 5.94. The van der Waals surface area contributed by atoms with Crippen molar-refractivity contribution in [3.8, 4) is 0 Å². The fourth-order valence-corrected chi connectivity index (χ4v) is 2.48. The first kappa shape index (κ1) is 15.2. The summed E-state index contributed by atoms with van der Waals surface area (Å²) in [5.74, 6) is -0.878. The van der Waals surface area contributed by atoms with Crippen molar-refractivity contribution in [2.24, 2.45) is 0 Å². The van der Waals surface area contributed by atoms with Gasteiger partial charge in [0.05, 0.1) is 5.56 Å². The van der Waals surface area contributed by atoms with Crippen LogP contribution in [0.25, 0.3) is 0 Å². The largest absolute Gasteiger partial charge is 0.478 e. The summed E-state index contributed by atoms with van der Waals surface area (Å²) < 4.78 is 0. The molecule has 0 aliphatic carbocycles. The minimum absolute atomic E-state index is 0.0879. The molecule has 0 radical (unpaired) electrons. The number of carbonyl (C=O) groups excluding carboxylic acids is 1. The van der Waals surface area contributed by atoms with E-state index in [-0.39, 0.29) is 17.2 Å². The summed E-state index contributed by atoms with van der Waals surface area (Å²) in [6, 6.07) is 4.70. The maximum absolute atomic E-state index is 12.0. The van der Waals surface area contributed by atoms with Gasteiger partial charge in [0.1, 0.15) is 0 Å². The highest BCUT2D eigenvalue weighted by Crippen LogP contribution is 2.18. The number of rotatable bonds is 5. The molecule has 0 bridgehead atoms. The van der Waals surface area contributed by atoms with Gasteiger partial charge in [0.15, 0.2) is 0 Å². The van der Waals surface area contributed by atoms with Gasteiger partial charge < -0.3 is 21.1 Å². The van der Waals surface area contributed by atoms with Crippen LogP contribution >= 0.6 is 0 Å². The second-order valence-electron chi connectivity index (χ2n) is 5.23. The van der Waals surface area contributed by atoms with Gasteiger partial charge in [-0.1, -0.05) is 0 Å². The molecule has 1 aromatic carbocycles. The number of aromatic carboxylic acids is 1. The molecule has 0 aromatic heterocycles. The number of piperidine rings is 1. The molecule has 1 aliphatic rings. The number of carboxylic acid groups (broad SMARTS) is 1. The van der Waals surface area contributed by atoms with E-state index in [2.05, 4.69) is 5.32 Å². The normalized spacial score (nSPS) is 14.8. The smallest absolute Gasteiger partial charge is 0.337 e. The number of hydrogen-bond donors (Lipinski definition) is 3. The lowest BCUT2D eigenvalue weighted by molar-refractivity contribution is -0.131. The van der Waals surface area contributed by atoms with E-state index in [4.69, 9.17) is 10.8 Å². The Kier molecular flexibility index (Phi) is 5.03. The molecular weight excluding hydrogens is 270 g/mol. The van der Waals surface area contributed by atoms with Crippen LogP contribution in [0.2, 0.25) is 0 Å². The zero-order valence-electron chi connectivity index (χ0n) is 12.0. The number of carbonyl (C=O) groups is 2. The van der Waals surface area contributed by atoms with Crippen LogP contribution in [-0.4, -0.2) is 41.5 Å². The van der Waals surface area contributed by atoms with E-state index in [0.717, 1.165) is 31.6 Å². The molecule has 1 heterocycles. The molecule has 0 saturated carbocycles. The predicted molar refractivity (Wildman–Crippen MR) is 81.4 cm³/mol. The van der Waals surface area contributed by atoms with Crippen LogP contribution in [0.4, 0.5) is 11.4 Å². The Hall–Kier alpha value is -2.24. The number of anilines is 2. The molecule has 1 saturated heterocycles. The summed E-state index contributed by atoms with van der Waals surface area (Å²) in [5.41, 5.74) is 6.71. The highest BCUT2D eigenvalue weighted by Gasteiger charge is 2.15. The number of hydrogen-bond acceptors (Lipinski definition) is 4. The molecule has 114 valence electrons. The summed E-state index contributed by atoms with van der Waals surface area (Å²) in [6.45, 7) is 2.24. The topological polar surface area (TPSA) is 95.7 Å². The van der Waals surface area contributed by atoms with E-state index in [1.165, 1.54) is 12.5 Å². The van der Waals surface area contributed by atoms with E-state index >= 15 is 0 Å². The average molecular weight is 291 g/mol. The Morgan fingerprint density at radius 2 is 1.95 bits per heavy atom. The zero-order chi connectivity index (χ0) is 15.2. The van der Waals surface area contributed by atoms with Crippen LogP contribution < -0.4 is 11.1 Å². The van der Waals surface area contributed by atoms with Crippen LogP contribution in [0.3, 0.4) is 0 Å². The van der Waals surface area contributed by atoms with Crippen molar-refractivity contribution in [3.05, 3.63) is 23.8 Å². The molecule has 4 N–H and O–H groups in total. The molecule has 0 unspecified atom stereocenters. The minimum atomic E-state index is -1.04. The van der Waals surface area contributed by atoms with Crippen LogP contribution in [0.15, 0.2) is 18.2 Å². The molecule has 2 rings (SSSR count). The molecule has 6 nitrogen and oxygen atoms in total. The summed E-state index contributed by atoms with van der Waals surface area (Å²) in [5, 5.41) is 12.0. The monoisotopic (exact) mass is 291 g/mol. The molecular formula is C15H21N3O3. The molecule has 1 amide bonds. The van der Waals surface area contributed by atoms with Crippen molar-refractivity contribution in [1.82, 2.24) is 4.90 Å². The third kappa shape index (κ3) is 4.11. The third-order valence-corrected chi connectivity index (χ3v) is 3.66. The SMILES string of the molecule is Nc1cc(NCCC(=O)N2CCCCC2)ccc1C(=O)O. The molecule has 0 atom stereocenters. The lowest BCUT2D eigenvalue weighted by atomic mass is 10.1. The molecule has 6 heteroatoms. The second kappa shape index (κ2) is 6.97. The first-order chi connectivity index (χ1) is 10.1. The van der Waals surface area contributed by atoms with Crippen molar-refractivity contribution in [3.63, 3.8) is 0 Å². The van der Waals surface area contributed by atoms with Gasteiger partial charge in [-0.25, -0.2) is 4.79 Å². The van der Waals surface area contributed by atoms with E-state index in [1.54, 1.807) is 12.1 Å². The average Bonchev–Trinajstić information content (AvgIpc) is 2.47. The number of nitrogens with zero attached hydrogens (tertiary/aromatic N) is 1. The number of benzene rings is 1. The molecule has 1 aliphatic heterocycles. The maximum atomic E-state index is 12.0. The summed E-state index contributed by atoms with van der Waals surface area (Å²) >= 11 is 0. The lowest BCUT2D eigenvalue weighted by Gasteiger charge is -2.26. The standard InChI is InChI=1S/C15H21N3O3/c16-13-10-11(4-5-12(13)15(20)21)17-7-6-14(19)18-8-2-1-3-9-18/h4-5,10,17H,1-3,6-9,16H2,(H,20,21). The zero-order valence-corrected chi connectivity index (χ0v) is 12.0. The van der Waals surface area contributed by atoms with Gasteiger partial charge in [-0.3, -0.25) is 4.79 Å². The van der Waals surface area contributed by atoms with Gasteiger partial charge >= 0.3 is 5.97 Å². The fraction of sp³-hybridized carbons (Fsp3) is 0.467. The van der Waals surface area contributed by atoms with Crippen LogP contribution in [-0.2, 0) is 4.79 Å². The Morgan fingerprint density at radius 3 is 2.57 bits per heavy atom. The number of likely N-dealkylation sites (tertiary alicyclic amines) is 1. The van der Waals surface area contributed by atoms with Crippen LogP contribution in [0, 0.1) is 0 Å². The first-order valence-corrected chi connectivity index (χ1v) is 7.22. The van der Waals surface area contributed by atoms with E-state index in [9.17, 15) is 9.59 Å². The van der Waals surface area contributed by atoms with Crippen molar-refractivity contribution in [2.75, 3.05) is 30.7 Å². The summed E-state index contributed by atoms with van der Waals surface area (Å²) in [4.78, 5) is 24.8. The molecule has 21 heavy (non-hydrogen) atoms. The van der Waals surface area contributed by atoms with Gasteiger partial charge in [-0.15, -0.1) is 0 Å². The number of nitrogens with two attached hydrogens (primary N) is 1.